The SMILES string of the molecule is CCN(CCN1CCCC1)c1ccc(C(=O)Cl)c(N(C(=O)C(F)(F)F)C2CCOCC2)c1. The van der Waals surface area contributed by atoms with E-state index in [0.717, 1.165) is 19.6 Å². The van der Waals surface area contributed by atoms with Crippen LogP contribution in [0.3, 0.4) is 0 Å². The highest BCUT2D eigenvalue weighted by Gasteiger charge is 2.46. The summed E-state index contributed by atoms with van der Waals surface area (Å²) < 4.78 is 45.9. The third kappa shape index (κ3) is 5.94. The molecule has 2 saturated heterocycles. The van der Waals surface area contributed by atoms with Crippen molar-refractivity contribution < 1.29 is 27.5 Å². The average molecular weight is 476 g/mol. The first-order valence-electron chi connectivity index (χ1n) is 11.0. The molecule has 2 fully saturated rings. The van der Waals surface area contributed by atoms with Crippen LogP contribution in [-0.4, -0.2) is 74.2 Å². The van der Waals surface area contributed by atoms with Gasteiger partial charge in [-0.25, -0.2) is 0 Å². The van der Waals surface area contributed by atoms with Crippen LogP contribution >= 0.6 is 11.6 Å². The van der Waals surface area contributed by atoms with E-state index in [9.17, 15) is 22.8 Å². The molecule has 3 rings (SSSR count). The summed E-state index contributed by atoms with van der Waals surface area (Å²) in [6.45, 7) is 6.69. The summed E-state index contributed by atoms with van der Waals surface area (Å²) in [5, 5.41) is -0.904. The number of ether oxygens (including phenoxy) is 1. The second-order valence-corrected chi connectivity index (χ2v) is 8.46. The van der Waals surface area contributed by atoms with Crippen molar-refractivity contribution in [2.45, 2.75) is 44.8 Å². The maximum Gasteiger partial charge on any atom is 0.471 e. The molecule has 6 nitrogen and oxygen atoms in total. The zero-order valence-corrected chi connectivity index (χ0v) is 18.9. The van der Waals surface area contributed by atoms with Gasteiger partial charge < -0.3 is 19.4 Å². The quantitative estimate of drug-likeness (QED) is 0.531. The van der Waals surface area contributed by atoms with Crippen molar-refractivity contribution in [2.75, 3.05) is 55.7 Å². The second kappa shape index (κ2) is 10.9. The minimum atomic E-state index is -5.08. The number of carbonyl (C=O) groups is 2. The van der Waals surface area contributed by atoms with Crippen LogP contribution < -0.4 is 9.80 Å². The van der Waals surface area contributed by atoms with Gasteiger partial charge in [-0.2, -0.15) is 13.2 Å². The number of hydrogen-bond donors (Lipinski definition) is 0. The Morgan fingerprint density at radius 2 is 1.84 bits per heavy atom. The number of halogens is 4. The molecule has 0 bridgehead atoms. The summed E-state index contributed by atoms with van der Waals surface area (Å²) >= 11 is 5.72. The van der Waals surface area contributed by atoms with E-state index in [1.165, 1.54) is 25.0 Å². The predicted molar refractivity (Wildman–Crippen MR) is 118 cm³/mol. The van der Waals surface area contributed by atoms with Crippen LogP contribution in [0.5, 0.6) is 0 Å². The lowest BCUT2D eigenvalue weighted by Gasteiger charge is -2.36. The van der Waals surface area contributed by atoms with Gasteiger partial charge in [-0.15, -0.1) is 0 Å². The molecule has 0 radical (unpaired) electrons. The van der Waals surface area contributed by atoms with E-state index in [1.807, 2.05) is 11.8 Å². The number of benzene rings is 1. The molecule has 0 aromatic heterocycles. The number of nitrogens with zero attached hydrogens (tertiary/aromatic N) is 3. The minimum absolute atomic E-state index is 0.101. The third-order valence-corrected chi connectivity index (χ3v) is 6.31. The van der Waals surface area contributed by atoms with Gasteiger partial charge in [-0.05, 0) is 75.5 Å². The predicted octanol–water partition coefficient (Wildman–Crippen LogP) is 4.06. The lowest BCUT2D eigenvalue weighted by Crippen LogP contribution is -2.50. The Bertz CT molecular complexity index is 809. The molecule has 0 atom stereocenters. The van der Waals surface area contributed by atoms with Gasteiger partial charge in [0, 0.05) is 44.6 Å². The van der Waals surface area contributed by atoms with Crippen molar-refractivity contribution in [2.24, 2.45) is 0 Å². The summed E-state index contributed by atoms with van der Waals surface area (Å²) in [6.07, 6.45) is -2.26. The largest absolute Gasteiger partial charge is 0.471 e. The molecule has 0 unspecified atom stereocenters. The van der Waals surface area contributed by atoms with Gasteiger partial charge >= 0.3 is 12.1 Å². The fourth-order valence-electron chi connectivity index (χ4n) is 4.37. The number of alkyl halides is 3. The average Bonchev–Trinajstić information content (AvgIpc) is 3.28. The Morgan fingerprint density at radius 3 is 2.41 bits per heavy atom. The molecule has 1 aromatic carbocycles. The van der Waals surface area contributed by atoms with Crippen LogP contribution in [-0.2, 0) is 9.53 Å². The Balaban J connectivity index is 1.97. The van der Waals surface area contributed by atoms with Gasteiger partial charge in [0.05, 0.1) is 11.3 Å². The number of amides is 1. The molecule has 0 aliphatic carbocycles. The van der Waals surface area contributed by atoms with E-state index < -0.39 is 23.4 Å². The molecule has 1 aromatic rings. The van der Waals surface area contributed by atoms with Crippen molar-refractivity contribution in [3.8, 4) is 0 Å². The fraction of sp³-hybridized carbons (Fsp3) is 0.636. The summed E-state index contributed by atoms with van der Waals surface area (Å²) in [4.78, 5) is 29.6. The molecule has 178 valence electrons. The zero-order chi connectivity index (χ0) is 23.3. The topological polar surface area (TPSA) is 53.1 Å². The molecule has 32 heavy (non-hydrogen) atoms. The van der Waals surface area contributed by atoms with Crippen molar-refractivity contribution in [1.82, 2.24) is 4.90 Å². The van der Waals surface area contributed by atoms with Gasteiger partial charge in [0.15, 0.2) is 0 Å². The van der Waals surface area contributed by atoms with E-state index in [4.69, 9.17) is 16.3 Å². The highest BCUT2D eigenvalue weighted by atomic mass is 35.5. The zero-order valence-electron chi connectivity index (χ0n) is 18.2. The number of likely N-dealkylation sites (tertiary alicyclic amines) is 1. The second-order valence-electron chi connectivity index (χ2n) is 8.12. The number of hydrogen-bond acceptors (Lipinski definition) is 5. The Morgan fingerprint density at radius 1 is 1.19 bits per heavy atom. The lowest BCUT2D eigenvalue weighted by molar-refractivity contribution is -0.171. The Hall–Kier alpha value is -1.84. The van der Waals surface area contributed by atoms with Crippen LogP contribution in [0.2, 0.25) is 0 Å². The van der Waals surface area contributed by atoms with Crippen molar-refractivity contribution in [1.29, 1.82) is 0 Å². The molecule has 1 amide bonds. The molecule has 0 spiro atoms. The summed E-state index contributed by atoms with van der Waals surface area (Å²) in [6, 6.07) is 3.84. The smallest absolute Gasteiger partial charge is 0.381 e. The summed E-state index contributed by atoms with van der Waals surface area (Å²) in [5.41, 5.74) is 0.432. The van der Waals surface area contributed by atoms with Crippen LogP contribution in [0.4, 0.5) is 24.5 Å². The van der Waals surface area contributed by atoms with E-state index >= 15 is 0 Å². The first-order valence-corrected chi connectivity index (χ1v) is 11.4. The van der Waals surface area contributed by atoms with Crippen molar-refractivity contribution >= 4 is 34.1 Å². The first-order chi connectivity index (χ1) is 15.2. The molecular formula is C22H29ClF3N3O3. The van der Waals surface area contributed by atoms with Crippen LogP contribution in [0.1, 0.15) is 43.0 Å². The number of anilines is 2. The fourth-order valence-corrected chi connectivity index (χ4v) is 4.53. The first kappa shape index (κ1) is 24.8. The molecule has 0 N–H and O–H groups in total. The number of likely N-dealkylation sites (N-methyl/N-ethyl adjacent to an activating group) is 1. The van der Waals surface area contributed by atoms with Gasteiger partial charge in [0.2, 0.25) is 0 Å². The summed E-state index contributed by atoms with van der Waals surface area (Å²) in [5.74, 6) is -2.00. The molecule has 0 saturated carbocycles. The third-order valence-electron chi connectivity index (χ3n) is 6.10. The molecule has 2 aliphatic rings. The monoisotopic (exact) mass is 475 g/mol. The molecule has 2 aliphatic heterocycles. The van der Waals surface area contributed by atoms with Crippen LogP contribution in [0, 0.1) is 0 Å². The van der Waals surface area contributed by atoms with Crippen molar-refractivity contribution in [3.05, 3.63) is 23.8 Å². The maximum atomic E-state index is 13.5. The van der Waals surface area contributed by atoms with Gasteiger partial charge in [0.1, 0.15) is 0 Å². The van der Waals surface area contributed by atoms with E-state index in [0.29, 0.717) is 23.7 Å². The van der Waals surface area contributed by atoms with E-state index in [-0.39, 0.29) is 37.3 Å². The normalized spacial score (nSPS) is 18.0. The molecule has 2 heterocycles. The number of carbonyl (C=O) groups excluding carboxylic acids is 2. The molecule has 10 heteroatoms. The standard InChI is InChI=1S/C22H29ClF3N3O3/c1-2-28(12-11-27-9-3-4-10-27)17-5-6-18(20(23)30)19(15-17)29(21(31)22(24,25)26)16-7-13-32-14-8-16/h5-6,15-16H,2-4,7-14H2,1H3. The highest BCUT2D eigenvalue weighted by Crippen LogP contribution is 2.35. The van der Waals surface area contributed by atoms with E-state index in [2.05, 4.69) is 4.90 Å². The Kier molecular flexibility index (Phi) is 8.41. The van der Waals surface area contributed by atoms with Crippen molar-refractivity contribution in [3.63, 3.8) is 0 Å². The Labute approximate surface area is 191 Å². The maximum absolute atomic E-state index is 13.5. The number of rotatable bonds is 8. The van der Waals surface area contributed by atoms with Gasteiger partial charge in [-0.1, -0.05) is 0 Å². The van der Waals surface area contributed by atoms with Gasteiger partial charge in [0.25, 0.3) is 5.24 Å². The van der Waals surface area contributed by atoms with Crippen LogP contribution in [0.15, 0.2) is 18.2 Å². The van der Waals surface area contributed by atoms with Gasteiger partial charge in [-0.3, -0.25) is 9.59 Å². The molecular weight excluding hydrogens is 447 g/mol. The lowest BCUT2D eigenvalue weighted by atomic mass is 10.0. The minimum Gasteiger partial charge on any atom is -0.381 e. The van der Waals surface area contributed by atoms with Crippen LogP contribution in [0.25, 0.3) is 0 Å². The highest BCUT2D eigenvalue weighted by molar-refractivity contribution is 6.68. The summed E-state index contributed by atoms with van der Waals surface area (Å²) in [7, 11) is 0. The van der Waals surface area contributed by atoms with E-state index in [1.54, 1.807) is 6.07 Å².